The summed E-state index contributed by atoms with van der Waals surface area (Å²) in [5, 5.41) is 8.25. The maximum absolute atomic E-state index is 13.4. The number of aromatic nitrogens is 3. The first-order valence-corrected chi connectivity index (χ1v) is 18.5. The van der Waals surface area contributed by atoms with Crippen LogP contribution < -0.4 is 14.4 Å². The fourth-order valence-corrected chi connectivity index (χ4v) is 8.98. The van der Waals surface area contributed by atoms with E-state index in [2.05, 4.69) is 38.1 Å². The van der Waals surface area contributed by atoms with Crippen LogP contribution in [0, 0.1) is 11.8 Å². The molecule has 1 fully saturated rings. The van der Waals surface area contributed by atoms with E-state index >= 15 is 0 Å². The number of aryl methyl sites for hydroxylation is 2. The molecule has 12 heteroatoms. The first-order valence-electron chi connectivity index (χ1n) is 16.6. The Balaban J connectivity index is 1.26. The third kappa shape index (κ3) is 6.54. The van der Waals surface area contributed by atoms with Gasteiger partial charge in [0.1, 0.15) is 11.4 Å². The molecule has 0 unspecified atom stereocenters. The molecule has 3 aromatic rings. The molecule has 2 aromatic carbocycles. The first kappa shape index (κ1) is 32.2. The highest BCUT2D eigenvalue weighted by molar-refractivity contribution is 7.90. The average Bonchev–Trinajstić information content (AvgIpc) is 3.39. The van der Waals surface area contributed by atoms with E-state index in [1.165, 1.54) is 11.1 Å². The number of nitrogens with one attached hydrogen (secondary N) is 1. The molecule has 250 valence electrons. The fourth-order valence-electron chi connectivity index (χ4n) is 7.76. The number of anilines is 1. The first-order chi connectivity index (χ1) is 22.6. The van der Waals surface area contributed by atoms with Crippen molar-refractivity contribution in [1.29, 1.82) is 0 Å². The van der Waals surface area contributed by atoms with Gasteiger partial charge in [0.2, 0.25) is 10.0 Å². The highest BCUT2D eigenvalue weighted by Gasteiger charge is 2.44. The van der Waals surface area contributed by atoms with E-state index < -0.39 is 21.2 Å². The van der Waals surface area contributed by atoms with E-state index in [0.717, 1.165) is 55.1 Å². The molecule has 2 aliphatic heterocycles. The van der Waals surface area contributed by atoms with Crippen molar-refractivity contribution < 1.29 is 22.7 Å². The molecule has 2 aliphatic carbocycles. The molecule has 1 amide bonds. The lowest BCUT2D eigenvalue weighted by atomic mass is 9.68. The lowest BCUT2D eigenvalue weighted by Crippen LogP contribution is -2.49. The second kappa shape index (κ2) is 12.9. The summed E-state index contributed by atoms with van der Waals surface area (Å²) in [7, 11) is -2.06. The van der Waals surface area contributed by atoms with Crippen molar-refractivity contribution in [3.8, 4) is 5.75 Å². The highest BCUT2D eigenvalue weighted by atomic mass is 35.5. The van der Waals surface area contributed by atoms with Gasteiger partial charge in [0, 0.05) is 36.1 Å². The van der Waals surface area contributed by atoms with Crippen molar-refractivity contribution in [3.05, 3.63) is 82.2 Å². The molecule has 5 atom stereocenters. The maximum atomic E-state index is 13.4. The van der Waals surface area contributed by atoms with Crippen LogP contribution in [0.5, 0.6) is 5.75 Å². The van der Waals surface area contributed by atoms with Gasteiger partial charge in [-0.3, -0.25) is 9.48 Å². The van der Waals surface area contributed by atoms with Gasteiger partial charge in [-0.25, -0.2) is 13.1 Å². The van der Waals surface area contributed by atoms with E-state index in [1.54, 1.807) is 23.7 Å². The summed E-state index contributed by atoms with van der Waals surface area (Å²) >= 11 is 6.44. The predicted octanol–water partition coefficient (Wildman–Crippen LogP) is 5.35. The zero-order chi connectivity index (χ0) is 32.8. The molecule has 2 bridgehead atoms. The predicted molar refractivity (Wildman–Crippen MR) is 180 cm³/mol. The van der Waals surface area contributed by atoms with E-state index in [4.69, 9.17) is 21.1 Å². The number of carbonyl (C=O) groups excluding carboxylic acids is 1. The van der Waals surface area contributed by atoms with E-state index in [-0.39, 0.29) is 17.4 Å². The SMILES string of the molecule is C[C@@H]1CC/C=C/[C@H](OCc2cn(C)nn2)[C@@H]2CC[C@H]2CN2C[C@@]3(CCCc4cc(Cl)ccc43)COc3ccc(cc32)C(=O)NS1(=O)=O. The van der Waals surface area contributed by atoms with Crippen LogP contribution in [0.1, 0.15) is 72.6 Å². The number of rotatable bonds is 3. The minimum Gasteiger partial charge on any atom is -0.490 e. The Labute approximate surface area is 281 Å². The van der Waals surface area contributed by atoms with Gasteiger partial charge in [-0.05, 0) is 105 Å². The number of nitrogens with zero attached hydrogens (tertiary/aromatic N) is 4. The van der Waals surface area contributed by atoms with Gasteiger partial charge in [-0.2, -0.15) is 0 Å². The molecule has 7 rings (SSSR count). The number of halogens is 1. The molecule has 1 spiro atoms. The molecule has 10 nitrogen and oxygen atoms in total. The Morgan fingerprint density at radius 1 is 1.17 bits per heavy atom. The molecule has 47 heavy (non-hydrogen) atoms. The van der Waals surface area contributed by atoms with Crippen molar-refractivity contribution in [2.75, 3.05) is 24.6 Å². The summed E-state index contributed by atoms with van der Waals surface area (Å²) in [5.74, 6) is 0.679. The van der Waals surface area contributed by atoms with Gasteiger partial charge < -0.3 is 14.4 Å². The lowest BCUT2D eigenvalue weighted by molar-refractivity contribution is -0.0237. The molecule has 0 saturated heterocycles. The van der Waals surface area contributed by atoms with Gasteiger partial charge in [0.25, 0.3) is 5.91 Å². The summed E-state index contributed by atoms with van der Waals surface area (Å²) in [6.07, 6.45) is 11.8. The third-order valence-electron chi connectivity index (χ3n) is 10.6. The second-order valence-corrected chi connectivity index (χ2v) is 16.3. The number of ether oxygens (including phenoxy) is 2. The molecule has 1 N–H and O–H groups in total. The molecular formula is C35H42ClN5O5S. The van der Waals surface area contributed by atoms with Crippen LogP contribution in [-0.4, -0.2) is 60.4 Å². The van der Waals surface area contributed by atoms with Gasteiger partial charge in [0.15, 0.2) is 0 Å². The van der Waals surface area contributed by atoms with Crippen molar-refractivity contribution >= 4 is 33.2 Å². The van der Waals surface area contributed by atoms with Gasteiger partial charge in [-0.1, -0.05) is 35.0 Å². The maximum Gasteiger partial charge on any atom is 0.264 e. The van der Waals surface area contributed by atoms with E-state index in [9.17, 15) is 13.2 Å². The van der Waals surface area contributed by atoms with Gasteiger partial charge in [-0.15, -0.1) is 5.10 Å². The molecular weight excluding hydrogens is 638 g/mol. The smallest absolute Gasteiger partial charge is 0.264 e. The van der Waals surface area contributed by atoms with Crippen molar-refractivity contribution in [2.45, 2.75) is 75.2 Å². The Morgan fingerprint density at radius 3 is 2.83 bits per heavy atom. The zero-order valence-electron chi connectivity index (χ0n) is 26.9. The number of benzene rings is 2. The van der Waals surface area contributed by atoms with Crippen LogP contribution in [0.15, 0.2) is 54.7 Å². The minimum atomic E-state index is -3.89. The van der Waals surface area contributed by atoms with Crippen LogP contribution in [0.25, 0.3) is 0 Å². The van der Waals surface area contributed by atoms with E-state index in [0.29, 0.717) is 49.8 Å². The number of sulfonamides is 1. The summed E-state index contributed by atoms with van der Waals surface area (Å²) < 4.78 is 43.5. The Bertz CT molecular complexity index is 1790. The van der Waals surface area contributed by atoms with Crippen LogP contribution in [-0.2, 0) is 40.3 Å². The third-order valence-corrected chi connectivity index (χ3v) is 12.6. The van der Waals surface area contributed by atoms with Crippen LogP contribution in [0.2, 0.25) is 5.02 Å². The summed E-state index contributed by atoms with van der Waals surface area (Å²) in [5.41, 5.74) is 4.14. The monoisotopic (exact) mass is 679 g/mol. The van der Waals surface area contributed by atoms with Crippen LogP contribution >= 0.6 is 11.6 Å². The number of allylic oxidation sites excluding steroid dienone is 1. The number of amides is 1. The second-order valence-electron chi connectivity index (χ2n) is 13.7. The largest absolute Gasteiger partial charge is 0.490 e. The highest BCUT2D eigenvalue weighted by Crippen LogP contribution is 2.47. The van der Waals surface area contributed by atoms with Gasteiger partial charge in [0.05, 0.1) is 36.5 Å². The Hall–Kier alpha value is -3.41. The Morgan fingerprint density at radius 2 is 2.04 bits per heavy atom. The minimum absolute atomic E-state index is 0.157. The summed E-state index contributed by atoms with van der Waals surface area (Å²) in [6.45, 7) is 3.94. The standard InChI is InChI=1S/C35H42ClN5O5S/c1-23-6-3-4-8-32(45-20-28-19-40(2)39-37-28)29-12-9-26(29)18-41-21-35(15-5-7-24-16-27(36)11-13-30(24)35)22-46-33-14-10-25(17-31(33)41)34(42)38-47(23,43)44/h4,8,10-11,13-14,16-17,19,23,26,29,32H,3,5-7,9,12,15,18,20-22H2,1-2H3,(H,38,42)/b8-4+/t23-,26+,29-,32+,35+/m1/s1. The van der Waals surface area contributed by atoms with Crippen molar-refractivity contribution in [2.24, 2.45) is 18.9 Å². The Kier molecular flexibility index (Phi) is 8.82. The van der Waals surface area contributed by atoms with Crippen molar-refractivity contribution in [1.82, 2.24) is 19.7 Å². The topological polar surface area (TPSA) is 116 Å². The van der Waals surface area contributed by atoms with Crippen LogP contribution in [0.4, 0.5) is 5.69 Å². The quantitative estimate of drug-likeness (QED) is 0.369. The van der Waals surface area contributed by atoms with E-state index in [1.807, 2.05) is 31.5 Å². The number of fused-ring (bicyclic) bond motifs is 4. The number of hydrogen-bond acceptors (Lipinski definition) is 8. The zero-order valence-corrected chi connectivity index (χ0v) is 28.5. The average molecular weight is 680 g/mol. The number of carbonyl (C=O) groups is 1. The normalized spacial score (nSPS) is 29.4. The van der Waals surface area contributed by atoms with Crippen LogP contribution in [0.3, 0.4) is 0 Å². The van der Waals surface area contributed by atoms with Gasteiger partial charge >= 0.3 is 0 Å². The molecule has 3 heterocycles. The summed E-state index contributed by atoms with van der Waals surface area (Å²) in [6, 6.07) is 11.5. The summed E-state index contributed by atoms with van der Waals surface area (Å²) in [4.78, 5) is 15.8. The number of hydrogen-bond donors (Lipinski definition) is 1. The molecule has 0 radical (unpaired) electrons. The molecule has 1 saturated carbocycles. The lowest BCUT2D eigenvalue weighted by Gasteiger charge is -2.46. The fraction of sp³-hybridized carbons (Fsp3) is 0.514. The molecule has 4 aliphatic rings. The van der Waals surface area contributed by atoms with Crippen molar-refractivity contribution in [3.63, 3.8) is 0 Å². The molecule has 1 aromatic heterocycles.